The number of β-amino-alcohol motifs (C(OH)–C–C–N with tert-alkyl or cyclic N) is 1. The Labute approximate surface area is 143 Å². The summed E-state index contributed by atoms with van der Waals surface area (Å²) < 4.78 is 44.9. The molecule has 7 nitrogen and oxygen atoms in total. The third-order valence-corrected chi connectivity index (χ3v) is 5.89. The summed E-state index contributed by atoms with van der Waals surface area (Å²) in [4.78, 5) is 3.96. The molecule has 10 heteroatoms. The molecule has 0 aliphatic carbocycles. The van der Waals surface area contributed by atoms with Crippen molar-refractivity contribution in [3.8, 4) is 0 Å². The van der Waals surface area contributed by atoms with E-state index in [1.54, 1.807) is 6.92 Å². The van der Waals surface area contributed by atoms with E-state index in [-0.39, 0.29) is 36.0 Å². The highest BCUT2D eigenvalue weighted by atomic mass is 35.5. The summed E-state index contributed by atoms with van der Waals surface area (Å²) in [7, 11) is -3.84. The van der Waals surface area contributed by atoms with Crippen molar-refractivity contribution in [2.75, 3.05) is 13.1 Å². The summed E-state index contributed by atoms with van der Waals surface area (Å²) in [6.07, 6.45) is 0.117. The van der Waals surface area contributed by atoms with Gasteiger partial charge in [0.15, 0.2) is 11.4 Å². The summed E-state index contributed by atoms with van der Waals surface area (Å²) in [6, 6.07) is 3.74. The summed E-state index contributed by atoms with van der Waals surface area (Å²) in [5.74, 6) is -0.865. The predicted molar refractivity (Wildman–Crippen MR) is 83.2 cm³/mol. The molecule has 130 valence electrons. The Hall–Kier alpha value is -1.55. The fraction of sp³-hybridized carbons (Fsp3) is 0.429. The van der Waals surface area contributed by atoms with Gasteiger partial charge in [-0.25, -0.2) is 12.8 Å². The number of hydrogen-bond acceptors (Lipinski definition) is 6. The van der Waals surface area contributed by atoms with E-state index in [1.165, 1.54) is 12.1 Å². The van der Waals surface area contributed by atoms with Gasteiger partial charge in [0.05, 0.1) is 12.3 Å². The van der Waals surface area contributed by atoms with Crippen LogP contribution in [0.1, 0.15) is 23.7 Å². The Morgan fingerprint density at radius 1 is 1.50 bits per heavy atom. The van der Waals surface area contributed by atoms with Gasteiger partial charge < -0.3 is 9.63 Å². The first-order valence-electron chi connectivity index (χ1n) is 7.14. The van der Waals surface area contributed by atoms with Crippen LogP contribution in [0, 0.1) is 12.7 Å². The molecular weight excluding hydrogens is 361 g/mol. The molecule has 1 N–H and O–H groups in total. The highest BCUT2D eigenvalue weighted by molar-refractivity contribution is 7.88. The quantitative estimate of drug-likeness (QED) is 0.871. The van der Waals surface area contributed by atoms with Gasteiger partial charge in [-0.3, -0.25) is 0 Å². The van der Waals surface area contributed by atoms with Crippen LogP contribution in [0.25, 0.3) is 0 Å². The fourth-order valence-electron chi connectivity index (χ4n) is 2.60. The summed E-state index contributed by atoms with van der Waals surface area (Å²) in [5.41, 5.74) is -1.56. The number of rotatable bonds is 4. The summed E-state index contributed by atoms with van der Waals surface area (Å²) >= 11 is 5.79. The third-order valence-electron chi connectivity index (χ3n) is 3.88. The zero-order valence-electron chi connectivity index (χ0n) is 12.7. The van der Waals surface area contributed by atoms with Crippen LogP contribution in [0.2, 0.25) is 5.02 Å². The van der Waals surface area contributed by atoms with Crippen molar-refractivity contribution in [1.82, 2.24) is 14.4 Å². The van der Waals surface area contributed by atoms with Crippen LogP contribution in [-0.4, -0.2) is 41.1 Å². The molecule has 1 aromatic heterocycles. The first-order valence-corrected chi connectivity index (χ1v) is 9.13. The van der Waals surface area contributed by atoms with E-state index < -0.39 is 27.2 Å². The Bertz CT molecular complexity index is 873. The fourth-order valence-corrected chi connectivity index (χ4v) is 4.37. The van der Waals surface area contributed by atoms with Crippen molar-refractivity contribution in [2.45, 2.75) is 24.7 Å². The topological polar surface area (TPSA) is 96.5 Å². The molecular formula is C14H15ClFN3O4S. The van der Waals surface area contributed by atoms with Crippen LogP contribution in [-0.2, 0) is 21.4 Å². The second-order valence-electron chi connectivity index (χ2n) is 5.75. The Morgan fingerprint density at radius 3 is 2.92 bits per heavy atom. The van der Waals surface area contributed by atoms with Crippen molar-refractivity contribution >= 4 is 21.6 Å². The van der Waals surface area contributed by atoms with Crippen molar-refractivity contribution in [3.63, 3.8) is 0 Å². The molecule has 1 aliphatic rings. The van der Waals surface area contributed by atoms with Gasteiger partial charge in [-0.1, -0.05) is 16.8 Å². The molecule has 3 rings (SSSR count). The van der Waals surface area contributed by atoms with E-state index in [4.69, 9.17) is 16.1 Å². The number of aryl methyl sites for hydroxylation is 1. The monoisotopic (exact) mass is 375 g/mol. The van der Waals surface area contributed by atoms with Gasteiger partial charge in [0.2, 0.25) is 10.0 Å². The van der Waals surface area contributed by atoms with E-state index in [1.807, 2.05) is 0 Å². The molecule has 0 bridgehead atoms. The first-order chi connectivity index (χ1) is 11.2. The van der Waals surface area contributed by atoms with Crippen molar-refractivity contribution in [1.29, 1.82) is 0 Å². The molecule has 1 fully saturated rings. The second kappa shape index (κ2) is 6.07. The molecule has 0 radical (unpaired) electrons. The van der Waals surface area contributed by atoms with Gasteiger partial charge >= 0.3 is 0 Å². The third kappa shape index (κ3) is 3.30. The highest BCUT2D eigenvalue weighted by Crippen LogP contribution is 2.33. The lowest BCUT2D eigenvalue weighted by molar-refractivity contribution is 0.0194. The molecule has 2 aromatic rings. The minimum Gasteiger partial charge on any atom is -0.379 e. The van der Waals surface area contributed by atoms with Crippen LogP contribution in [0.15, 0.2) is 22.7 Å². The van der Waals surface area contributed by atoms with E-state index in [2.05, 4.69) is 10.1 Å². The minimum absolute atomic E-state index is 0.0216. The molecule has 1 unspecified atom stereocenters. The second-order valence-corrected chi connectivity index (χ2v) is 8.16. The average Bonchev–Trinajstić information content (AvgIpc) is 3.10. The van der Waals surface area contributed by atoms with Crippen LogP contribution < -0.4 is 0 Å². The summed E-state index contributed by atoms with van der Waals surface area (Å²) in [5, 5.41) is 14.4. The number of aromatic nitrogens is 2. The molecule has 0 amide bonds. The van der Waals surface area contributed by atoms with Gasteiger partial charge in [-0.05, 0) is 25.1 Å². The van der Waals surface area contributed by atoms with Crippen molar-refractivity contribution in [3.05, 3.63) is 46.3 Å². The van der Waals surface area contributed by atoms with E-state index in [0.29, 0.717) is 5.82 Å². The smallest absolute Gasteiger partial charge is 0.260 e. The van der Waals surface area contributed by atoms with Crippen LogP contribution in [0.3, 0.4) is 0 Å². The number of sulfonamides is 1. The van der Waals surface area contributed by atoms with Crippen molar-refractivity contribution in [2.24, 2.45) is 0 Å². The molecule has 2 heterocycles. The largest absolute Gasteiger partial charge is 0.379 e. The van der Waals surface area contributed by atoms with Gasteiger partial charge in [-0.2, -0.15) is 9.29 Å². The molecule has 0 spiro atoms. The predicted octanol–water partition coefficient (Wildman–Crippen LogP) is 1.59. The van der Waals surface area contributed by atoms with Gasteiger partial charge in [0, 0.05) is 23.6 Å². The van der Waals surface area contributed by atoms with Crippen LogP contribution >= 0.6 is 11.6 Å². The normalized spacial score (nSPS) is 22.2. The maximum atomic E-state index is 13.8. The lowest BCUT2D eigenvalue weighted by Crippen LogP contribution is -2.35. The number of benzene rings is 1. The van der Waals surface area contributed by atoms with E-state index in [9.17, 15) is 17.9 Å². The summed E-state index contributed by atoms with van der Waals surface area (Å²) in [6.45, 7) is 1.45. The zero-order valence-corrected chi connectivity index (χ0v) is 14.3. The van der Waals surface area contributed by atoms with E-state index in [0.717, 1.165) is 10.4 Å². The van der Waals surface area contributed by atoms with E-state index >= 15 is 0 Å². The molecule has 1 aliphatic heterocycles. The number of nitrogens with zero attached hydrogens (tertiary/aromatic N) is 3. The van der Waals surface area contributed by atoms with Crippen LogP contribution in [0.5, 0.6) is 0 Å². The van der Waals surface area contributed by atoms with Crippen LogP contribution in [0.4, 0.5) is 4.39 Å². The zero-order chi connectivity index (χ0) is 17.5. The van der Waals surface area contributed by atoms with Gasteiger partial charge in [0.1, 0.15) is 5.82 Å². The number of aliphatic hydroxyl groups is 1. The van der Waals surface area contributed by atoms with Crippen molar-refractivity contribution < 1.29 is 22.4 Å². The SMILES string of the molecule is Cc1noc(C2(O)CCN(S(=O)(=O)Cc3cc(Cl)ccc3F)C2)n1. The standard InChI is InChI=1S/C14H15ClFN3O4S/c1-9-17-13(23-18-9)14(20)4-5-19(8-14)24(21,22)7-10-6-11(15)2-3-12(10)16/h2-3,6,20H,4-5,7-8H2,1H3. The number of hydrogen-bond donors (Lipinski definition) is 1. The number of halogens is 2. The van der Waals surface area contributed by atoms with Gasteiger partial charge in [-0.15, -0.1) is 0 Å². The van der Waals surface area contributed by atoms with Gasteiger partial charge in [0.25, 0.3) is 5.89 Å². The Kier molecular flexibility index (Phi) is 4.37. The Balaban J connectivity index is 1.80. The maximum Gasteiger partial charge on any atom is 0.260 e. The molecule has 1 atom stereocenters. The highest BCUT2D eigenvalue weighted by Gasteiger charge is 2.46. The maximum absolute atomic E-state index is 13.8. The molecule has 24 heavy (non-hydrogen) atoms. The first kappa shape index (κ1) is 17.3. The minimum atomic E-state index is -3.84. The molecule has 1 saturated heterocycles. The lowest BCUT2D eigenvalue weighted by atomic mass is 10.0. The Morgan fingerprint density at radius 2 is 2.25 bits per heavy atom. The molecule has 1 aromatic carbocycles. The molecule has 0 saturated carbocycles. The lowest BCUT2D eigenvalue weighted by Gasteiger charge is -2.19. The average molecular weight is 376 g/mol.